The summed E-state index contributed by atoms with van der Waals surface area (Å²) in [5.41, 5.74) is 9.69. The summed E-state index contributed by atoms with van der Waals surface area (Å²) in [5.74, 6) is -2.85. The number of nitrogens with zero attached hydrogens (tertiary/aromatic N) is 5. The molecule has 6 bridgehead atoms. The molecule has 378 valence electrons. The van der Waals surface area contributed by atoms with Crippen molar-refractivity contribution in [1.29, 1.82) is 0 Å². The maximum absolute atomic E-state index is 14.7. The Morgan fingerprint density at radius 2 is 1.77 bits per heavy atom. The molecule has 2 saturated heterocycles. The lowest BCUT2D eigenvalue weighted by Gasteiger charge is -2.37. The van der Waals surface area contributed by atoms with E-state index in [1.807, 2.05) is 32.2 Å². The van der Waals surface area contributed by atoms with Crippen LogP contribution in [0.3, 0.4) is 0 Å². The number of fused-ring (bicyclic) bond motifs is 6. The molecule has 0 saturated carbocycles. The Morgan fingerprint density at radius 1 is 1.03 bits per heavy atom. The SMILES string of the molecule is C=CC(=O)N1CC[C@H](C(=O)N(C)[C@H](C(=O)N[C@H]2Cc3cc(O)cc(c3)-c3ccc4c(c3)c(c(-c3cncc(COC)c3)n4CC)CC(C)(C)COC(=O)[C@@H]3CCCN(N3)C2=O)C(C)C)C1.S.S.S.S. The van der Waals surface area contributed by atoms with Crippen molar-refractivity contribution in [2.75, 3.05) is 40.4 Å². The molecule has 3 aliphatic rings. The number of hydrogen-bond acceptors (Lipinski definition) is 10. The number of nitrogens with one attached hydrogen (secondary N) is 2. The first kappa shape index (κ1) is 58.7. The Labute approximate surface area is 433 Å². The number of benzene rings is 2. The number of ether oxygens (including phenoxy) is 2. The second kappa shape index (κ2) is 24.9. The molecule has 3 aliphatic heterocycles. The van der Waals surface area contributed by atoms with Gasteiger partial charge in [0.15, 0.2) is 0 Å². The van der Waals surface area contributed by atoms with Gasteiger partial charge in [0, 0.05) is 81.0 Å². The lowest BCUT2D eigenvalue weighted by molar-refractivity contribution is -0.155. The molecule has 0 radical (unpaired) electrons. The highest BCUT2D eigenvalue weighted by molar-refractivity contribution is 7.59. The van der Waals surface area contributed by atoms with Crippen LogP contribution in [-0.2, 0) is 59.4 Å². The number of amides is 4. The number of rotatable bonds is 10. The van der Waals surface area contributed by atoms with Gasteiger partial charge in [0.2, 0.25) is 17.7 Å². The van der Waals surface area contributed by atoms with E-state index in [-0.39, 0.29) is 104 Å². The average molecular weight is 1030 g/mol. The molecular formula is C50H71N7O8S4. The highest BCUT2D eigenvalue weighted by Gasteiger charge is 2.40. The minimum absolute atomic E-state index is 0. The van der Waals surface area contributed by atoms with Gasteiger partial charge in [-0.2, -0.15) is 54.0 Å². The zero-order chi connectivity index (χ0) is 46.7. The third-order valence-corrected chi connectivity index (χ3v) is 12.9. The number of likely N-dealkylation sites (tertiary alicyclic amines) is 1. The Bertz CT molecular complexity index is 2500. The monoisotopic (exact) mass is 1030 g/mol. The predicted octanol–water partition coefficient (Wildman–Crippen LogP) is 5.86. The van der Waals surface area contributed by atoms with Gasteiger partial charge >= 0.3 is 5.97 Å². The third-order valence-electron chi connectivity index (χ3n) is 12.9. The quantitative estimate of drug-likeness (QED) is 0.129. The average Bonchev–Trinajstić information content (AvgIpc) is 3.90. The maximum atomic E-state index is 14.7. The van der Waals surface area contributed by atoms with E-state index in [2.05, 4.69) is 65.8 Å². The smallest absolute Gasteiger partial charge is 0.324 e. The summed E-state index contributed by atoms with van der Waals surface area (Å²) < 4.78 is 13.8. The number of aromatic nitrogens is 2. The molecule has 15 nitrogen and oxygen atoms in total. The Morgan fingerprint density at radius 3 is 2.45 bits per heavy atom. The van der Waals surface area contributed by atoms with Crippen LogP contribution in [0.15, 0.2) is 67.5 Å². The summed E-state index contributed by atoms with van der Waals surface area (Å²) >= 11 is 0. The number of cyclic esters (lactones) is 1. The second-order valence-electron chi connectivity index (χ2n) is 18.8. The normalized spacial score (nSPS) is 19.4. The predicted molar refractivity (Wildman–Crippen MR) is 288 cm³/mol. The summed E-state index contributed by atoms with van der Waals surface area (Å²) in [5, 5.41) is 16.7. The number of aryl methyl sites for hydroxylation is 1. The molecule has 69 heavy (non-hydrogen) atoms. The van der Waals surface area contributed by atoms with Crippen molar-refractivity contribution in [3.63, 3.8) is 0 Å². The standard InChI is InChI=1S/C50H63N7O8.4H2S/c1-9-43(59)55-17-15-34(27-55)47(61)54(7)44(30(3)4)46(60)52-41-21-31-18-35(22-37(58)20-31)33-13-14-42-38(23-33)39(45(56(42)10-2)36-19-32(28-64-8)25-51-26-36)24-50(5,6)29-65-49(63)40-12-11-16-57(53-40)48(41)62;;;;/h9,13-14,18-20,22-23,25-26,30,34,40-41,44,53,58H,1,10-12,15-17,21,24,27-29H2,2-8H3,(H,52,60);4*1H2/t34-,40-,41-,44-;;;;/m0..../s1. The number of pyridine rings is 1. The Kier molecular flexibility index (Phi) is 21.2. The zero-order valence-electron chi connectivity index (χ0n) is 40.7. The number of likely N-dealkylation sites (N-methyl/N-ethyl adjacent to an activating group) is 1. The van der Waals surface area contributed by atoms with Gasteiger partial charge in [-0.3, -0.25) is 34.0 Å². The minimum atomic E-state index is -1.16. The topological polar surface area (TPSA) is 176 Å². The molecule has 2 aromatic carbocycles. The molecule has 7 rings (SSSR count). The van der Waals surface area contributed by atoms with E-state index in [4.69, 9.17) is 9.47 Å². The van der Waals surface area contributed by atoms with Crippen LogP contribution >= 0.6 is 54.0 Å². The molecule has 19 heteroatoms. The van der Waals surface area contributed by atoms with Crippen LogP contribution in [0.1, 0.15) is 70.6 Å². The van der Waals surface area contributed by atoms with Gasteiger partial charge in [-0.15, -0.1) is 0 Å². The number of methoxy groups -OCH3 is 1. The molecular weight excluding hydrogens is 955 g/mol. The lowest BCUT2D eigenvalue weighted by Crippen LogP contribution is -2.62. The van der Waals surface area contributed by atoms with Gasteiger partial charge in [-0.1, -0.05) is 46.4 Å². The molecule has 4 aromatic rings. The summed E-state index contributed by atoms with van der Waals surface area (Å²) in [6, 6.07) is 10.6. The zero-order valence-corrected chi connectivity index (χ0v) is 44.7. The number of carbonyl (C=O) groups excluding carboxylic acids is 5. The van der Waals surface area contributed by atoms with Crippen molar-refractivity contribution in [2.45, 2.75) is 98.0 Å². The highest BCUT2D eigenvalue weighted by atomic mass is 32.1. The molecule has 2 aromatic heterocycles. The summed E-state index contributed by atoms with van der Waals surface area (Å²) in [6.45, 7) is 15.6. The van der Waals surface area contributed by atoms with E-state index in [1.165, 1.54) is 16.0 Å². The van der Waals surface area contributed by atoms with Crippen LogP contribution in [-0.4, -0.2) is 118 Å². The van der Waals surface area contributed by atoms with Crippen molar-refractivity contribution in [3.8, 4) is 28.1 Å². The number of hydrazine groups is 1. The molecule has 0 spiro atoms. The number of phenols is 1. The first-order valence-electron chi connectivity index (χ1n) is 22.7. The number of hydrogen-bond donors (Lipinski definition) is 3. The fraction of sp³-hybridized carbons (Fsp3) is 0.480. The van der Waals surface area contributed by atoms with Crippen molar-refractivity contribution in [3.05, 3.63) is 84.2 Å². The Hall–Kier alpha value is -4.66. The summed E-state index contributed by atoms with van der Waals surface area (Å²) in [4.78, 5) is 76.8. The van der Waals surface area contributed by atoms with Gasteiger partial charge in [-0.05, 0) is 103 Å². The van der Waals surface area contributed by atoms with Crippen molar-refractivity contribution < 1.29 is 38.6 Å². The molecule has 0 unspecified atom stereocenters. The van der Waals surface area contributed by atoms with E-state index in [1.54, 1.807) is 37.4 Å². The van der Waals surface area contributed by atoms with E-state index in [0.29, 0.717) is 50.9 Å². The molecule has 5 heterocycles. The van der Waals surface area contributed by atoms with E-state index in [0.717, 1.165) is 44.4 Å². The largest absolute Gasteiger partial charge is 0.508 e. The van der Waals surface area contributed by atoms with Crippen LogP contribution in [0.5, 0.6) is 5.75 Å². The van der Waals surface area contributed by atoms with Crippen molar-refractivity contribution in [1.82, 2.24) is 35.1 Å². The number of aromatic hydroxyl groups is 1. The van der Waals surface area contributed by atoms with Crippen LogP contribution < -0.4 is 10.7 Å². The van der Waals surface area contributed by atoms with E-state index in [9.17, 15) is 29.1 Å². The van der Waals surface area contributed by atoms with E-state index < -0.39 is 47.2 Å². The van der Waals surface area contributed by atoms with Gasteiger partial charge in [0.05, 0.1) is 24.8 Å². The molecule has 4 amide bonds. The fourth-order valence-corrected chi connectivity index (χ4v) is 9.80. The van der Waals surface area contributed by atoms with Crippen LogP contribution in [0.25, 0.3) is 33.3 Å². The van der Waals surface area contributed by atoms with Gasteiger partial charge in [-0.25, -0.2) is 5.43 Å². The van der Waals surface area contributed by atoms with Crippen LogP contribution in [0, 0.1) is 17.3 Å². The van der Waals surface area contributed by atoms with Crippen molar-refractivity contribution in [2.24, 2.45) is 17.3 Å². The maximum Gasteiger partial charge on any atom is 0.324 e. The van der Waals surface area contributed by atoms with Gasteiger partial charge < -0.3 is 34.3 Å². The number of carbonyl (C=O) groups is 5. The fourth-order valence-electron chi connectivity index (χ4n) is 9.80. The molecule has 3 N–H and O–H groups in total. The minimum Gasteiger partial charge on any atom is -0.508 e. The first-order valence-corrected chi connectivity index (χ1v) is 22.7. The first-order chi connectivity index (χ1) is 31.0. The second-order valence-corrected chi connectivity index (χ2v) is 18.8. The molecule has 0 aliphatic carbocycles. The van der Waals surface area contributed by atoms with Gasteiger partial charge in [0.1, 0.15) is 23.9 Å². The summed E-state index contributed by atoms with van der Waals surface area (Å²) in [6.07, 6.45) is 6.84. The van der Waals surface area contributed by atoms with Crippen molar-refractivity contribution >= 4 is 94.5 Å². The van der Waals surface area contributed by atoms with E-state index >= 15 is 0 Å². The molecule has 2 fully saturated rings. The van der Waals surface area contributed by atoms with Crippen LogP contribution in [0.4, 0.5) is 0 Å². The highest BCUT2D eigenvalue weighted by Crippen LogP contribution is 2.41. The Balaban J connectivity index is 0.00000315. The lowest BCUT2D eigenvalue weighted by atomic mass is 9.84. The number of esters is 1. The third kappa shape index (κ3) is 13.0. The van der Waals surface area contributed by atoms with Gasteiger partial charge in [0.25, 0.3) is 5.91 Å². The summed E-state index contributed by atoms with van der Waals surface area (Å²) in [7, 11) is 3.24. The molecule has 4 atom stereocenters. The van der Waals surface area contributed by atoms with Crippen LogP contribution in [0.2, 0.25) is 0 Å². The number of phenolic OH excluding ortho intramolecular Hbond substituents is 1.